The van der Waals surface area contributed by atoms with Crippen molar-refractivity contribution in [3.05, 3.63) is 47.1 Å². The average molecular weight is 354 g/mol. The molecular formula is C16H20ClN3O2S. The Bertz CT molecular complexity index is 761. The minimum atomic E-state index is -3.33. The van der Waals surface area contributed by atoms with Gasteiger partial charge in [-0.2, -0.15) is 0 Å². The summed E-state index contributed by atoms with van der Waals surface area (Å²) in [5, 5.41) is 3.90. The first kappa shape index (κ1) is 17.6. The average Bonchev–Trinajstić information content (AvgIpc) is 2.51. The predicted octanol–water partition coefficient (Wildman–Crippen LogP) is 4.33. The van der Waals surface area contributed by atoms with Crippen LogP contribution in [0.15, 0.2) is 36.5 Å². The van der Waals surface area contributed by atoms with Gasteiger partial charge in [0.25, 0.3) is 0 Å². The number of hydrogen-bond donors (Lipinski definition) is 2. The van der Waals surface area contributed by atoms with Crippen molar-refractivity contribution in [1.82, 2.24) is 4.98 Å². The van der Waals surface area contributed by atoms with Gasteiger partial charge in [-0.05, 0) is 43.2 Å². The zero-order valence-corrected chi connectivity index (χ0v) is 14.7. The molecule has 0 radical (unpaired) electrons. The summed E-state index contributed by atoms with van der Waals surface area (Å²) in [5.74, 6) is 0.418. The quantitative estimate of drug-likeness (QED) is 0.777. The number of pyridine rings is 1. The van der Waals surface area contributed by atoms with Gasteiger partial charge in [0, 0.05) is 10.7 Å². The minimum Gasteiger partial charge on any atom is -0.354 e. The van der Waals surface area contributed by atoms with E-state index >= 15 is 0 Å². The second-order valence-corrected chi connectivity index (χ2v) is 7.49. The topological polar surface area (TPSA) is 71.1 Å². The number of hydrogen-bond acceptors (Lipinski definition) is 4. The zero-order chi connectivity index (χ0) is 16.9. The van der Waals surface area contributed by atoms with Crippen LogP contribution >= 0.6 is 11.6 Å². The van der Waals surface area contributed by atoms with Crippen molar-refractivity contribution in [1.29, 1.82) is 0 Å². The van der Waals surface area contributed by atoms with Gasteiger partial charge in [-0.15, -0.1) is 0 Å². The molecule has 1 aromatic heterocycles. The predicted molar refractivity (Wildman–Crippen MR) is 96.0 cm³/mol. The first-order valence-electron chi connectivity index (χ1n) is 7.40. The Morgan fingerprint density at radius 3 is 2.65 bits per heavy atom. The largest absolute Gasteiger partial charge is 0.354 e. The molecule has 0 atom stereocenters. The lowest BCUT2D eigenvalue weighted by molar-refractivity contribution is 0.597. The minimum absolute atomic E-state index is 0.104. The molecule has 1 aromatic carbocycles. The lowest BCUT2D eigenvalue weighted by Gasteiger charge is -2.11. The van der Waals surface area contributed by atoms with Crippen LogP contribution in [0.5, 0.6) is 0 Å². The second kappa shape index (κ2) is 7.66. The summed E-state index contributed by atoms with van der Waals surface area (Å²) in [6.45, 7) is 3.88. The van der Waals surface area contributed by atoms with Crippen LogP contribution in [-0.4, -0.2) is 19.2 Å². The van der Waals surface area contributed by atoms with E-state index in [1.54, 1.807) is 18.3 Å². The van der Waals surface area contributed by atoms with E-state index in [1.807, 2.05) is 32.0 Å². The van der Waals surface area contributed by atoms with Gasteiger partial charge in [0.05, 0.1) is 17.6 Å². The molecule has 7 heteroatoms. The Balaban J connectivity index is 2.06. The lowest BCUT2D eigenvalue weighted by Crippen LogP contribution is -2.17. The Kier molecular flexibility index (Phi) is 5.85. The third-order valence-corrected chi connectivity index (χ3v) is 5.09. The fourth-order valence-corrected chi connectivity index (χ4v) is 3.36. The van der Waals surface area contributed by atoms with Gasteiger partial charge < -0.3 is 5.32 Å². The van der Waals surface area contributed by atoms with Crippen LogP contribution in [-0.2, 0) is 10.0 Å². The van der Waals surface area contributed by atoms with Crippen LogP contribution in [0.2, 0.25) is 5.02 Å². The van der Waals surface area contributed by atoms with Gasteiger partial charge >= 0.3 is 0 Å². The van der Waals surface area contributed by atoms with E-state index in [-0.39, 0.29) is 5.75 Å². The van der Waals surface area contributed by atoms with Crippen molar-refractivity contribution in [3.63, 3.8) is 0 Å². The van der Waals surface area contributed by atoms with Crippen molar-refractivity contribution >= 4 is 38.8 Å². The van der Waals surface area contributed by atoms with Gasteiger partial charge in [-0.1, -0.05) is 31.0 Å². The van der Waals surface area contributed by atoms with E-state index in [0.717, 1.165) is 23.4 Å². The number of anilines is 3. The number of aromatic nitrogens is 1. The number of nitrogens with zero attached hydrogens (tertiary/aromatic N) is 1. The highest BCUT2D eigenvalue weighted by Gasteiger charge is 2.10. The summed E-state index contributed by atoms with van der Waals surface area (Å²) in [6, 6.07) is 9.01. The molecule has 5 nitrogen and oxygen atoms in total. The molecule has 0 fully saturated rings. The van der Waals surface area contributed by atoms with E-state index in [0.29, 0.717) is 17.3 Å². The number of nitrogens with one attached hydrogen (secondary N) is 2. The fourth-order valence-electron chi connectivity index (χ4n) is 1.97. The number of halogens is 1. The van der Waals surface area contributed by atoms with E-state index in [4.69, 9.17) is 11.6 Å². The van der Waals surface area contributed by atoms with Gasteiger partial charge in [0.2, 0.25) is 10.0 Å². The van der Waals surface area contributed by atoms with E-state index in [2.05, 4.69) is 15.0 Å². The highest BCUT2D eigenvalue weighted by molar-refractivity contribution is 7.92. The van der Waals surface area contributed by atoms with Crippen LogP contribution in [0.25, 0.3) is 0 Å². The van der Waals surface area contributed by atoms with E-state index in [1.165, 1.54) is 0 Å². The molecule has 0 saturated heterocycles. The van der Waals surface area contributed by atoms with Crippen LogP contribution in [0.1, 0.15) is 25.3 Å². The molecule has 0 aliphatic carbocycles. The Morgan fingerprint density at radius 2 is 2.00 bits per heavy atom. The molecule has 2 aromatic rings. The molecule has 0 amide bonds. The van der Waals surface area contributed by atoms with Crippen molar-refractivity contribution in [3.8, 4) is 0 Å². The van der Waals surface area contributed by atoms with Gasteiger partial charge in [0.15, 0.2) is 0 Å². The molecule has 0 bridgehead atoms. The van der Waals surface area contributed by atoms with Crippen LogP contribution < -0.4 is 10.0 Å². The second-order valence-electron chi connectivity index (χ2n) is 5.24. The molecule has 0 spiro atoms. The summed E-state index contributed by atoms with van der Waals surface area (Å²) >= 11 is 6.09. The van der Waals surface area contributed by atoms with Gasteiger partial charge in [-0.25, -0.2) is 13.4 Å². The van der Waals surface area contributed by atoms with Crippen molar-refractivity contribution in [2.24, 2.45) is 0 Å². The molecule has 0 aliphatic rings. The zero-order valence-electron chi connectivity index (χ0n) is 13.1. The third kappa shape index (κ3) is 5.11. The smallest absolute Gasteiger partial charge is 0.233 e. The Hall–Kier alpha value is -1.79. The van der Waals surface area contributed by atoms with E-state index < -0.39 is 10.0 Å². The normalized spacial score (nSPS) is 11.3. The van der Waals surface area contributed by atoms with Crippen LogP contribution in [0, 0.1) is 6.92 Å². The number of sulfonamides is 1. The third-order valence-electron chi connectivity index (χ3n) is 3.34. The SMILES string of the molecule is CCCCS(=O)(=O)Nc1ccc(Nc2cccc(Cl)c2C)cn1. The molecule has 124 valence electrons. The molecule has 0 saturated carbocycles. The maximum Gasteiger partial charge on any atom is 0.233 e. The highest BCUT2D eigenvalue weighted by Crippen LogP contribution is 2.26. The summed E-state index contributed by atoms with van der Waals surface area (Å²) in [6.07, 6.45) is 3.04. The van der Waals surface area contributed by atoms with Crippen molar-refractivity contribution in [2.45, 2.75) is 26.7 Å². The monoisotopic (exact) mass is 353 g/mol. The van der Waals surface area contributed by atoms with Crippen LogP contribution in [0.3, 0.4) is 0 Å². The molecule has 0 aliphatic heterocycles. The molecule has 2 rings (SSSR count). The number of rotatable bonds is 7. The first-order valence-corrected chi connectivity index (χ1v) is 9.43. The Labute approximate surface area is 142 Å². The summed E-state index contributed by atoms with van der Waals surface area (Å²) in [4.78, 5) is 4.13. The Morgan fingerprint density at radius 1 is 1.22 bits per heavy atom. The summed E-state index contributed by atoms with van der Waals surface area (Å²) in [5.41, 5.74) is 2.58. The van der Waals surface area contributed by atoms with Crippen molar-refractivity contribution < 1.29 is 8.42 Å². The first-order chi connectivity index (χ1) is 10.9. The van der Waals surface area contributed by atoms with Gasteiger partial charge in [0.1, 0.15) is 5.82 Å². The molecule has 1 heterocycles. The summed E-state index contributed by atoms with van der Waals surface area (Å²) < 4.78 is 26.1. The maximum atomic E-state index is 11.8. The lowest BCUT2D eigenvalue weighted by atomic mass is 10.2. The summed E-state index contributed by atoms with van der Waals surface area (Å²) in [7, 11) is -3.33. The van der Waals surface area contributed by atoms with Gasteiger partial charge in [-0.3, -0.25) is 4.72 Å². The molecule has 0 unspecified atom stereocenters. The van der Waals surface area contributed by atoms with E-state index in [9.17, 15) is 8.42 Å². The number of benzene rings is 1. The highest BCUT2D eigenvalue weighted by atomic mass is 35.5. The standard InChI is InChI=1S/C16H20ClN3O2S/c1-3-4-10-23(21,22)20-16-9-8-13(11-18-16)19-15-7-5-6-14(17)12(15)2/h5-9,11,19H,3-4,10H2,1-2H3,(H,18,20). The maximum absolute atomic E-state index is 11.8. The molecular weight excluding hydrogens is 334 g/mol. The van der Waals surface area contributed by atoms with Crippen LogP contribution in [0.4, 0.5) is 17.2 Å². The number of unbranched alkanes of at least 4 members (excludes halogenated alkanes) is 1. The fraction of sp³-hybridized carbons (Fsp3) is 0.312. The molecule has 2 N–H and O–H groups in total. The van der Waals surface area contributed by atoms with Crippen molar-refractivity contribution in [2.75, 3.05) is 15.8 Å². The molecule has 23 heavy (non-hydrogen) atoms.